The number of amides is 1. The van der Waals surface area contributed by atoms with Gasteiger partial charge in [0, 0.05) is 12.3 Å². The Labute approximate surface area is 103 Å². The summed E-state index contributed by atoms with van der Waals surface area (Å²) in [6, 6.07) is 6.67. The van der Waals surface area contributed by atoms with E-state index >= 15 is 0 Å². The molecule has 0 aromatic carbocycles. The Morgan fingerprint density at radius 3 is 2.89 bits per heavy atom. The zero-order valence-electron chi connectivity index (χ0n) is 9.62. The lowest BCUT2D eigenvalue weighted by Crippen LogP contribution is -2.14. The van der Waals surface area contributed by atoms with Crippen LogP contribution in [0.25, 0.3) is 5.57 Å². The standard InChI is InChI=1S/C12H11N3O3/c1-8-6-10(18-15-8)9(7-16)12(17)14-11-4-2-3-5-13-11/h2-7,16H,1H3,(H,13,14,17)/b9-7-. The van der Waals surface area contributed by atoms with Crippen molar-refractivity contribution in [3.8, 4) is 0 Å². The Balaban J connectivity index is 2.17. The summed E-state index contributed by atoms with van der Waals surface area (Å²) in [5, 5.41) is 15.3. The van der Waals surface area contributed by atoms with E-state index in [1.165, 1.54) is 0 Å². The number of nitrogens with one attached hydrogen (secondary N) is 1. The van der Waals surface area contributed by atoms with Crippen molar-refractivity contribution >= 4 is 17.3 Å². The fourth-order valence-corrected chi connectivity index (χ4v) is 1.35. The molecule has 1 amide bonds. The summed E-state index contributed by atoms with van der Waals surface area (Å²) in [4.78, 5) is 15.8. The summed E-state index contributed by atoms with van der Waals surface area (Å²) < 4.78 is 4.92. The van der Waals surface area contributed by atoms with Crippen LogP contribution in [0.15, 0.2) is 41.2 Å². The first-order valence-electron chi connectivity index (χ1n) is 5.21. The second-order valence-corrected chi connectivity index (χ2v) is 3.54. The number of aliphatic hydroxyl groups excluding tert-OH is 1. The molecule has 2 aromatic heterocycles. The second-order valence-electron chi connectivity index (χ2n) is 3.54. The van der Waals surface area contributed by atoms with E-state index in [1.807, 2.05) is 0 Å². The van der Waals surface area contributed by atoms with Crippen molar-refractivity contribution < 1.29 is 14.4 Å². The Kier molecular flexibility index (Phi) is 3.38. The summed E-state index contributed by atoms with van der Waals surface area (Å²) >= 11 is 0. The van der Waals surface area contributed by atoms with Crippen molar-refractivity contribution in [1.82, 2.24) is 10.1 Å². The van der Waals surface area contributed by atoms with Gasteiger partial charge in [-0.3, -0.25) is 4.79 Å². The minimum absolute atomic E-state index is 0.0127. The van der Waals surface area contributed by atoms with Crippen LogP contribution in [0.3, 0.4) is 0 Å². The minimum atomic E-state index is -0.521. The molecular formula is C12H11N3O3. The van der Waals surface area contributed by atoms with Crippen LogP contribution < -0.4 is 5.32 Å². The van der Waals surface area contributed by atoms with Gasteiger partial charge in [0.05, 0.1) is 12.0 Å². The molecule has 2 N–H and O–H groups in total. The maximum absolute atomic E-state index is 11.9. The van der Waals surface area contributed by atoms with E-state index in [-0.39, 0.29) is 11.3 Å². The number of aryl methyl sites for hydroxylation is 1. The molecule has 6 heteroatoms. The van der Waals surface area contributed by atoms with E-state index in [9.17, 15) is 4.79 Å². The number of rotatable bonds is 3. The highest BCUT2D eigenvalue weighted by molar-refractivity contribution is 6.24. The Morgan fingerprint density at radius 2 is 2.33 bits per heavy atom. The summed E-state index contributed by atoms with van der Waals surface area (Å²) in [6.07, 6.45) is 2.23. The molecule has 6 nitrogen and oxygen atoms in total. The van der Waals surface area contributed by atoms with Crippen molar-refractivity contribution in [1.29, 1.82) is 0 Å². The van der Waals surface area contributed by atoms with Gasteiger partial charge in [0.2, 0.25) is 0 Å². The van der Waals surface area contributed by atoms with Crippen LogP contribution in [0.5, 0.6) is 0 Å². The van der Waals surface area contributed by atoms with E-state index in [2.05, 4.69) is 15.5 Å². The number of aromatic nitrogens is 2. The molecule has 0 spiro atoms. The summed E-state index contributed by atoms with van der Waals surface area (Å²) in [6.45, 7) is 1.72. The van der Waals surface area contributed by atoms with E-state index in [0.717, 1.165) is 0 Å². The normalized spacial score (nSPS) is 11.3. The second kappa shape index (κ2) is 5.13. The summed E-state index contributed by atoms with van der Waals surface area (Å²) in [7, 11) is 0. The van der Waals surface area contributed by atoms with E-state index in [0.29, 0.717) is 17.8 Å². The number of carbonyl (C=O) groups excluding carboxylic acids is 1. The van der Waals surface area contributed by atoms with Gasteiger partial charge in [-0.1, -0.05) is 11.2 Å². The van der Waals surface area contributed by atoms with Crippen LogP contribution in [0.2, 0.25) is 0 Å². The molecule has 0 saturated carbocycles. The van der Waals surface area contributed by atoms with Crippen molar-refractivity contribution in [3.05, 3.63) is 48.2 Å². The average Bonchev–Trinajstić information content (AvgIpc) is 2.78. The van der Waals surface area contributed by atoms with Crippen molar-refractivity contribution in [3.63, 3.8) is 0 Å². The molecule has 0 atom stereocenters. The topological polar surface area (TPSA) is 88.2 Å². The van der Waals surface area contributed by atoms with Gasteiger partial charge in [0.1, 0.15) is 11.4 Å². The van der Waals surface area contributed by atoms with Crippen molar-refractivity contribution in [2.75, 3.05) is 5.32 Å². The zero-order valence-corrected chi connectivity index (χ0v) is 9.62. The third-order valence-electron chi connectivity index (χ3n) is 2.17. The maximum atomic E-state index is 11.9. The van der Waals surface area contributed by atoms with Gasteiger partial charge < -0.3 is 14.9 Å². The van der Waals surface area contributed by atoms with Gasteiger partial charge in [-0.25, -0.2) is 4.98 Å². The smallest absolute Gasteiger partial charge is 0.263 e. The van der Waals surface area contributed by atoms with Crippen LogP contribution in [-0.4, -0.2) is 21.2 Å². The number of anilines is 1. The number of aliphatic hydroxyl groups is 1. The van der Waals surface area contributed by atoms with Gasteiger partial charge >= 0.3 is 0 Å². The number of carbonyl (C=O) groups is 1. The molecule has 0 saturated heterocycles. The first-order valence-corrected chi connectivity index (χ1v) is 5.21. The minimum Gasteiger partial charge on any atom is -0.515 e. The number of nitrogens with zero attached hydrogens (tertiary/aromatic N) is 2. The molecule has 0 bridgehead atoms. The quantitative estimate of drug-likeness (QED) is 0.637. The van der Waals surface area contributed by atoms with Crippen molar-refractivity contribution in [2.24, 2.45) is 0 Å². The van der Waals surface area contributed by atoms with Gasteiger partial charge in [-0.05, 0) is 19.1 Å². The molecular weight excluding hydrogens is 234 g/mol. The molecule has 92 valence electrons. The maximum Gasteiger partial charge on any atom is 0.263 e. The Morgan fingerprint density at radius 1 is 1.50 bits per heavy atom. The third kappa shape index (κ3) is 2.54. The fourth-order valence-electron chi connectivity index (χ4n) is 1.35. The van der Waals surface area contributed by atoms with Gasteiger partial charge in [0.25, 0.3) is 5.91 Å². The van der Waals surface area contributed by atoms with Crippen LogP contribution >= 0.6 is 0 Å². The third-order valence-corrected chi connectivity index (χ3v) is 2.17. The lowest BCUT2D eigenvalue weighted by atomic mass is 10.2. The SMILES string of the molecule is Cc1cc(/C(=C/O)C(=O)Nc2ccccn2)on1. The Bertz CT molecular complexity index is 575. The predicted octanol–water partition coefficient (Wildman–Crippen LogP) is 1.92. The summed E-state index contributed by atoms with van der Waals surface area (Å²) in [5.74, 6) is 0.0638. The number of pyridine rings is 1. The monoisotopic (exact) mass is 245 g/mol. The fraction of sp³-hybridized carbons (Fsp3) is 0.0833. The highest BCUT2D eigenvalue weighted by atomic mass is 16.5. The molecule has 2 heterocycles. The van der Waals surface area contributed by atoms with E-state index < -0.39 is 5.91 Å². The van der Waals surface area contributed by atoms with E-state index in [1.54, 1.807) is 37.4 Å². The van der Waals surface area contributed by atoms with Gasteiger partial charge in [0.15, 0.2) is 5.76 Å². The number of hydrogen-bond acceptors (Lipinski definition) is 5. The molecule has 2 rings (SSSR count). The predicted molar refractivity (Wildman–Crippen MR) is 64.7 cm³/mol. The van der Waals surface area contributed by atoms with Crippen LogP contribution in [0, 0.1) is 6.92 Å². The first kappa shape index (κ1) is 11.8. The molecule has 0 aliphatic heterocycles. The lowest BCUT2D eigenvalue weighted by molar-refractivity contribution is -0.111. The van der Waals surface area contributed by atoms with E-state index in [4.69, 9.17) is 9.63 Å². The van der Waals surface area contributed by atoms with Crippen LogP contribution in [-0.2, 0) is 4.79 Å². The first-order chi connectivity index (χ1) is 8.70. The van der Waals surface area contributed by atoms with Crippen LogP contribution in [0.4, 0.5) is 5.82 Å². The molecule has 2 aromatic rings. The lowest BCUT2D eigenvalue weighted by Gasteiger charge is -2.03. The van der Waals surface area contributed by atoms with Gasteiger partial charge in [-0.2, -0.15) is 0 Å². The zero-order chi connectivity index (χ0) is 13.0. The molecule has 0 radical (unpaired) electrons. The number of hydrogen-bond donors (Lipinski definition) is 2. The molecule has 0 unspecified atom stereocenters. The molecule has 0 aliphatic carbocycles. The average molecular weight is 245 g/mol. The highest BCUT2D eigenvalue weighted by Crippen LogP contribution is 2.16. The largest absolute Gasteiger partial charge is 0.515 e. The van der Waals surface area contributed by atoms with Gasteiger partial charge in [-0.15, -0.1) is 0 Å². The summed E-state index contributed by atoms with van der Waals surface area (Å²) in [5.41, 5.74) is 0.608. The highest BCUT2D eigenvalue weighted by Gasteiger charge is 2.17. The molecule has 18 heavy (non-hydrogen) atoms. The molecule has 0 fully saturated rings. The Hall–Kier alpha value is -2.63. The van der Waals surface area contributed by atoms with Crippen molar-refractivity contribution in [2.45, 2.75) is 6.92 Å². The van der Waals surface area contributed by atoms with Crippen LogP contribution in [0.1, 0.15) is 11.5 Å². The molecule has 0 aliphatic rings.